The van der Waals surface area contributed by atoms with E-state index in [-0.39, 0.29) is 0 Å². The van der Waals surface area contributed by atoms with Crippen LogP contribution in [0.25, 0.3) is 10.6 Å². The summed E-state index contributed by atoms with van der Waals surface area (Å²) in [5.41, 5.74) is 2.41. The Morgan fingerprint density at radius 3 is 2.68 bits per heavy atom. The first-order valence-corrected chi connectivity index (χ1v) is 13.9. The van der Waals surface area contributed by atoms with Gasteiger partial charge in [-0.2, -0.15) is 0 Å². The topological polar surface area (TPSA) is 71.1 Å². The van der Waals surface area contributed by atoms with Crippen molar-refractivity contribution in [2.75, 3.05) is 4.72 Å². The second kappa shape index (κ2) is 9.81. The number of benzene rings is 1. The molecule has 1 aliphatic rings. The zero-order valence-electron chi connectivity index (χ0n) is 17.9. The zero-order chi connectivity index (χ0) is 21.8. The monoisotopic (exact) mass is 475 g/mol. The third-order valence-electron chi connectivity index (χ3n) is 5.78. The van der Waals surface area contributed by atoms with Gasteiger partial charge in [-0.3, -0.25) is 4.72 Å². The number of aromatic nitrogens is 1. The van der Waals surface area contributed by atoms with E-state index in [0.717, 1.165) is 27.1 Å². The fourth-order valence-electron chi connectivity index (χ4n) is 4.16. The lowest BCUT2D eigenvalue weighted by molar-refractivity contribution is 0.404. The van der Waals surface area contributed by atoms with Gasteiger partial charge in [0.15, 0.2) is 0 Å². The summed E-state index contributed by atoms with van der Waals surface area (Å²) in [6.07, 6.45) is 6.57. The molecule has 3 aromatic rings. The quantitative estimate of drug-likeness (QED) is 0.396. The number of anilines is 1. The highest BCUT2D eigenvalue weighted by atomic mass is 32.2. The van der Waals surface area contributed by atoms with Crippen molar-refractivity contribution in [3.63, 3.8) is 0 Å². The van der Waals surface area contributed by atoms with Crippen molar-refractivity contribution in [1.82, 2.24) is 10.3 Å². The van der Waals surface area contributed by atoms with Gasteiger partial charge in [0.1, 0.15) is 4.21 Å². The molecule has 1 aromatic carbocycles. The lowest BCUT2D eigenvalue weighted by atomic mass is 9.99. The lowest BCUT2D eigenvalue weighted by Crippen LogP contribution is -2.28. The van der Waals surface area contributed by atoms with Crippen LogP contribution in [0.1, 0.15) is 49.6 Å². The van der Waals surface area contributed by atoms with Crippen LogP contribution < -0.4 is 10.0 Å². The van der Waals surface area contributed by atoms with Crippen LogP contribution in [0.5, 0.6) is 0 Å². The molecule has 1 aliphatic carbocycles. The molecule has 8 heteroatoms. The van der Waals surface area contributed by atoms with Crippen LogP contribution in [-0.4, -0.2) is 19.4 Å². The van der Waals surface area contributed by atoms with Crippen LogP contribution >= 0.6 is 22.7 Å². The number of nitrogens with one attached hydrogen (secondary N) is 2. The van der Waals surface area contributed by atoms with E-state index in [1.54, 1.807) is 17.4 Å². The highest BCUT2D eigenvalue weighted by Gasteiger charge is 2.21. The molecule has 2 aromatic heterocycles. The number of sulfonamides is 1. The number of thiophene rings is 1. The highest BCUT2D eigenvalue weighted by molar-refractivity contribution is 7.94. The molecule has 0 aliphatic heterocycles. The van der Waals surface area contributed by atoms with Gasteiger partial charge in [-0.15, -0.1) is 22.7 Å². The van der Waals surface area contributed by atoms with Gasteiger partial charge in [0, 0.05) is 18.0 Å². The van der Waals surface area contributed by atoms with E-state index in [1.807, 2.05) is 42.6 Å². The standard InChI is InChI=1S/C23H29N3O2S3/c1-16(13-18-7-3-4-8-18)24-14-19-9-5-6-10-20(19)26-31(27,28)23-12-11-22(30-23)21-15-29-17(2)25-21/h5-6,9-12,15-16,18,24,26H,3-4,7-8,13-14H2,1-2H3/t16-/m0/s1. The SMILES string of the molecule is Cc1nc(-c2ccc(S(=O)(=O)Nc3ccccc3CN[C@@H](C)CC3CCCC3)s2)cs1. The molecule has 0 spiro atoms. The van der Waals surface area contributed by atoms with Crippen molar-refractivity contribution < 1.29 is 8.42 Å². The molecule has 1 atom stereocenters. The summed E-state index contributed by atoms with van der Waals surface area (Å²) >= 11 is 2.81. The van der Waals surface area contributed by atoms with Crippen molar-refractivity contribution in [2.24, 2.45) is 5.92 Å². The third-order valence-corrected chi connectivity index (χ3v) is 9.52. The van der Waals surface area contributed by atoms with Crippen LogP contribution in [0, 0.1) is 12.8 Å². The number of aryl methyl sites for hydroxylation is 1. The van der Waals surface area contributed by atoms with Gasteiger partial charge >= 0.3 is 0 Å². The number of thiazole rings is 1. The fourth-order valence-corrected chi connectivity index (χ4v) is 7.22. The van der Waals surface area contributed by atoms with E-state index in [9.17, 15) is 8.42 Å². The first kappa shape index (κ1) is 22.5. The Bertz CT molecular complexity index is 1110. The summed E-state index contributed by atoms with van der Waals surface area (Å²) in [6.45, 7) is 4.80. The summed E-state index contributed by atoms with van der Waals surface area (Å²) in [6, 6.07) is 11.5. The molecule has 1 saturated carbocycles. The second-order valence-electron chi connectivity index (χ2n) is 8.30. The number of rotatable bonds is 9. The maximum Gasteiger partial charge on any atom is 0.271 e. The molecule has 166 valence electrons. The Morgan fingerprint density at radius 2 is 1.94 bits per heavy atom. The Balaban J connectivity index is 1.43. The summed E-state index contributed by atoms with van der Waals surface area (Å²) in [4.78, 5) is 5.32. The van der Waals surface area contributed by atoms with Crippen LogP contribution in [0.2, 0.25) is 0 Å². The van der Waals surface area contributed by atoms with E-state index < -0.39 is 10.0 Å². The largest absolute Gasteiger partial charge is 0.310 e. The maximum atomic E-state index is 13.0. The summed E-state index contributed by atoms with van der Waals surface area (Å²) in [5.74, 6) is 0.825. The van der Waals surface area contributed by atoms with Gasteiger partial charge in [0.25, 0.3) is 10.0 Å². The number of para-hydroxylation sites is 1. The molecule has 0 amide bonds. The first-order valence-electron chi connectivity index (χ1n) is 10.8. The fraction of sp³-hybridized carbons (Fsp3) is 0.435. The molecule has 2 N–H and O–H groups in total. The van der Waals surface area contributed by atoms with E-state index in [0.29, 0.717) is 22.5 Å². The van der Waals surface area contributed by atoms with Crippen molar-refractivity contribution in [2.45, 2.75) is 62.7 Å². The summed E-state index contributed by atoms with van der Waals surface area (Å²) < 4.78 is 29.2. The molecule has 0 bridgehead atoms. The van der Waals surface area contributed by atoms with Crippen molar-refractivity contribution in [1.29, 1.82) is 0 Å². The average molecular weight is 476 g/mol. The molecule has 5 nitrogen and oxygen atoms in total. The predicted molar refractivity (Wildman–Crippen MR) is 130 cm³/mol. The summed E-state index contributed by atoms with van der Waals surface area (Å²) in [5, 5.41) is 6.50. The molecular formula is C23H29N3O2S3. The van der Waals surface area contributed by atoms with E-state index in [2.05, 4.69) is 21.9 Å². The van der Waals surface area contributed by atoms with Crippen LogP contribution in [-0.2, 0) is 16.6 Å². The van der Waals surface area contributed by atoms with Gasteiger partial charge in [0.05, 0.1) is 21.3 Å². The van der Waals surface area contributed by atoms with Gasteiger partial charge in [0.2, 0.25) is 0 Å². The molecule has 0 saturated heterocycles. The Morgan fingerprint density at radius 1 is 1.16 bits per heavy atom. The van der Waals surface area contributed by atoms with Gasteiger partial charge < -0.3 is 5.32 Å². The number of hydrogen-bond donors (Lipinski definition) is 2. The van der Waals surface area contributed by atoms with Crippen LogP contribution in [0.15, 0.2) is 46.0 Å². The predicted octanol–water partition coefficient (Wildman–Crippen LogP) is 6.04. The Kier molecular flexibility index (Phi) is 7.11. The van der Waals surface area contributed by atoms with Gasteiger partial charge in [-0.1, -0.05) is 43.9 Å². The third kappa shape index (κ3) is 5.74. The highest BCUT2D eigenvalue weighted by Crippen LogP contribution is 2.33. The molecule has 4 rings (SSSR count). The van der Waals surface area contributed by atoms with E-state index in [4.69, 9.17) is 0 Å². The second-order valence-corrected chi connectivity index (χ2v) is 12.4. The summed E-state index contributed by atoms with van der Waals surface area (Å²) in [7, 11) is -3.66. The molecule has 0 unspecified atom stereocenters. The normalized spacial score (nSPS) is 15.9. The zero-order valence-corrected chi connectivity index (χ0v) is 20.4. The lowest BCUT2D eigenvalue weighted by Gasteiger charge is -2.19. The first-order chi connectivity index (χ1) is 14.9. The van der Waals surface area contributed by atoms with E-state index in [1.165, 1.54) is 43.4 Å². The Labute approximate surface area is 193 Å². The molecule has 2 heterocycles. The minimum atomic E-state index is -3.66. The minimum Gasteiger partial charge on any atom is -0.310 e. The smallest absolute Gasteiger partial charge is 0.271 e. The maximum absolute atomic E-state index is 13.0. The Hall–Kier alpha value is -1.74. The van der Waals surface area contributed by atoms with E-state index >= 15 is 0 Å². The van der Waals surface area contributed by atoms with Gasteiger partial charge in [-0.25, -0.2) is 13.4 Å². The number of nitrogens with zero attached hydrogens (tertiary/aromatic N) is 1. The molecule has 31 heavy (non-hydrogen) atoms. The van der Waals surface area contributed by atoms with Crippen molar-refractivity contribution in [3.05, 3.63) is 52.3 Å². The van der Waals surface area contributed by atoms with Crippen LogP contribution in [0.4, 0.5) is 5.69 Å². The molecule has 1 fully saturated rings. The molecule has 0 radical (unpaired) electrons. The van der Waals surface area contributed by atoms with Crippen LogP contribution in [0.3, 0.4) is 0 Å². The molecular weight excluding hydrogens is 446 g/mol. The minimum absolute atomic E-state index is 0.297. The van der Waals surface area contributed by atoms with Crippen molar-refractivity contribution >= 4 is 38.4 Å². The van der Waals surface area contributed by atoms with Gasteiger partial charge in [-0.05, 0) is 49.9 Å². The number of hydrogen-bond acceptors (Lipinski definition) is 6. The van der Waals surface area contributed by atoms with Crippen molar-refractivity contribution in [3.8, 4) is 10.6 Å². The average Bonchev–Trinajstić information content (AvgIpc) is 3.49.